The van der Waals surface area contributed by atoms with E-state index in [-0.39, 0.29) is 6.73 Å². The van der Waals surface area contributed by atoms with E-state index in [2.05, 4.69) is 4.90 Å². The Morgan fingerprint density at radius 1 is 1.11 bits per heavy atom. The number of rotatable bonds is 5. The van der Waals surface area contributed by atoms with Crippen LogP contribution in [0.15, 0.2) is 0 Å². The largest absolute Gasteiger partial charge is 0.381 e. The summed E-state index contributed by atoms with van der Waals surface area (Å²) in [6.07, 6.45) is 1.22. The number of nitrogens with zero attached hydrogens (tertiary/aromatic N) is 3. The summed E-state index contributed by atoms with van der Waals surface area (Å²) in [6.45, 7) is 8.85. The highest BCUT2D eigenvalue weighted by atomic mass is 32.2. The highest BCUT2D eigenvalue weighted by molar-refractivity contribution is 7.88. The molecule has 0 saturated carbocycles. The van der Waals surface area contributed by atoms with Gasteiger partial charge in [0.2, 0.25) is 10.0 Å². The lowest BCUT2D eigenvalue weighted by molar-refractivity contribution is 0.0535. The van der Waals surface area contributed by atoms with Crippen LogP contribution in [0.25, 0.3) is 0 Å². The molecule has 0 aliphatic carbocycles. The molecule has 1 fully saturated rings. The maximum absolute atomic E-state index is 11.2. The molecule has 0 aromatic carbocycles. The normalized spacial score (nSPS) is 18.6. The molecule has 1 N–H and O–H groups in total. The summed E-state index contributed by atoms with van der Waals surface area (Å²) in [6, 6.07) is 0. The van der Waals surface area contributed by atoms with Gasteiger partial charge in [0.25, 0.3) is 0 Å². The molecule has 7 heteroatoms. The molecule has 18 heavy (non-hydrogen) atoms. The standard InChI is InChI=1S/C9H21N3O3S.C2H6/c1-10(16(2,14)15)3-4-11-5-7-12(9-13)8-6-11;1-2/h13H,3-9H2,1-2H3;1-2H3. The van der Waals surface area contributed by atoms with Gasteiger partial charge in [0.15, 0.2) is 0 Å². The van der Waals surface area contributed by atoms with Gasteiger partial charge in [0.1, 0.15) is 0 Å². The minimum absolute atomic E-state index is 0.108. The van der Waals surface area contributed by atoms with E-state index in [1.165, 1.54) is 10.6 Å². The maximum Gasteiger partial charge on any atom is 0.210 e. The van der Waals surface area contributed by atoms with Crippen molar-refractivity contribution in [2.24, 2.45) is 0 Å². The van der Waals surface area contributed by atoms with Gasteiger partial charge >= 0.3 is 0 Å². The number of aliphatic hydroxyl groups excluding tert-OH is 1. The van der Waals surface area contributed by atoms with Crippen molar-refractivity contribution in [3.63, 3.8) is 0 Å². The second-order valence-corrected chi connectivity index (χ2v) is 6.28. The van der Waals surface area contributed by atoms with Crippen molar-refractivity contribution < 1.29 is 13.5 Å². The first-order chi connectivity index (χ1) is 8.43. The average molecular weight is 281 g/mol. The van der Waals surface area contributed by atoms with E-state index >= 15 is 0 Å². The topological polar surface area (TPSA) is 64.1 Å². The second kappa shape index (κ2) is 8.82. The Kier molecular flexibility index (Phi) is 8.71. The molecule has 1 rings (SSSR count). The van der Waals surface area contributed by atoms with Crippen LogP contribution in [0, 0.1) is 0 Å². The van der Waals surface area contributed by atoms with Crippen molar-refractivity contribution in [2.45, 2.75) is 13.8 Å². The van der Waals surface area contributed by atoms with Crippen LogP contribution in [0.1, 0.15) is 13.8 Å². The number of hydrogen-bond donors (Lipinski definition) is 1. The number of hydrogen-bond acceptors (Lipinski definition) is 5. The lowest BCUT2D eigenvalue weighted by Crippen LogP contribution is -2.48. The number of piperazine rings is 1. The van der Waals surface area contributed by atoms with Gasteiger partial charge < -0.3 is 5.11 Å². The van der Waals surface area contributed by atoms with Crippen LogP contribution in [-0.4, -0.2) is 86.9 Å². The first-order valence-electron chi connectivity index (χ1n) is 6.40. The molecule has 1 aliphatic rings. The Morgan fingerprint density at radius 3 is 1.94 bits per heavy atom. The van der Waals surface area contributed by atoms with Gasteiger partial charge in [-0.25, -0.2) is 12.7 Å². The molecule has 0 unspecified atom stereocenters. The lowest BCUT2D eigenvalue weighted by Gasteiger charge is -2.34. The van der Waals surface area contributed by atoms with E-state index in [1.807, 2.05) is 18.7 Å². The quantitative estimate of drug-likeness (QED) is 0.734. The molecule has 0 aromatic heterocycles. The van der Waals surface area contributed by atoms with Gasteiger partial charge in [-0.3, -0.25) is 9.80 Å². The first kappa shape index (κ1) is 17.8. The summed E-state index contributed by atoms with van der Waals surface area (Å²) < 4.78 is 23.7. The molecule has 1 heterocycles. The zero-order chi connectivity index (χ0) is 14.2. The van der Waals surface area contributed by atoms with Crippen molar-refractivity contribution in [1.82, 2.24) is 14.1 Å². The Morgan fingerprint density at radius 2 is 1.56 bits per heavy atom. The van der Waals surface area contributed by atoms with E-state index in [9.17, 15) is 8.42 Å². The predicted molar refractivity (Wildman–Crippen MR) is 73.9 cm³/mol. The van der Waals surface area contributed by atoms with E-state index in [1.54, 1.807) is 7.05 Å². The fraction of sp³-hybridized carbons (Fsp3) is 1.00. The minimum Gasteiger partial charge on any atom is -0.381 e. The second-order valence-electron chi connectivity index (χ2n) is 4.19. The first-order valence-corrected chi connectivity index (χ1v) is 8.25. The molecule has 0 amide bonds. The fourth-order valence-corrected chi connectivity index (χ4v) is 2.02. The molecule has 1 aliphatic heterocycles. The van der Waals surface area contributed by atoms with Crippen molar-refractivity contribution in [2.75, 3.05) is 59.3 Å². The third kappa shape index (κ3) is 6.65. The summed E-state index contributed by atoms with van der Waals surface area (Å²) in [5.41, 5.74) is 0. The van der Waals surface area contributed by atoms with Crippen LogP contribution in [0.2, 0.25) is 0 Å². The Hall–Kier alpha value is -0.210. The van der Waals surface area contributed by atoms with Gasteiger partial charge in [0.05, 0.1) is 13.0 Å². The van der Waals surface area contributed by atoms with Crippen molar-refractivity contribution in [1.29, 1.82) is 0 Å². The smallest absolute Gasteiger partial charge is 0.210 e. The van der Waals surface area contributed by atoms with Crippen LogP contribution in [0.4, 0.5) is 0 Å². The van der Waals surface area contributed by atoms with E-state index in [0.717, 1.165) is 32.7 Å². The molecule has 0 radical (unpaired) electrons. The monoisotopic (exact) mass is 281 g/mol. The van der Waals surface area contributed by atoms with Gasteiger partial charge in [-0.15, -0.1) is 0 Å². The highest BCUT2D eigenvalue weighted by Crippen LogP contribution is 2.01. The molecule has 0 aromatic rings. The molecular formula is C11H27N3O3S. The van der Waals surface area contributed by atoms with E-state index in [4.69, 9.17) is 5.11 Å². The van der Waals surface area contributed by atoms with Crippen LogP contribution in [0.5, 0.6) is 0 Å². The summed E-state index contributed by atoms with van der Waals surface area (Å²) in [5, 5.41) is 8.92. The van der Waals surface area contributed by atoms with Crippen molar-refractivity contribution in [3.05, 3.63) is 0 Å². The summed E-state index contributed by atoms with van der Waals surface area (Å²) >= 11 is 0. The number of sulfonamides is 1. The summed E-state index contributed by atoms with van der Waals surface area (Å²) in [7, 11) is -1.47. The van der Waals surface area contributed by atoms with Crippen LogP contribution in [0.3, 0.4) is 0 Å². The van der Waals surface area contributed by atoms with E-state index in [0.29, 0.717) is 6.54 Å². The molecule has 110 valence electrons. The molecule has 1 saturated heterocycles. The zero-order valence-corrected chi connectivity index (χ0v) is 12.8. The third-order valence-corrected chi connectivity index (χ3v) is 4.28. The molecule has 0 atom stereocenters. The molecular weight excluding hydrogens is 254 g/mol. The Labute approximate surface area is 111 Å². The number of likely N-dealkylation sites (N-methyl/N-ethyl adjacent to an activating group) is 1. The van der Waals surface area contributed by atoms with Crippen molar-refractivity contribution in [3.8, 4) is 0 Å². The van der Waals surface area contributed by atoms with Gasteiger partial charge in [-0.1, -0.05) is 13.8 Å². The lowest BCUT2D eigenvalue weighted by atomic mass is 10.3. The SMILES string of the molecule is CC.CN(CCN1CCN(CO)CC1)S(C)(=O)=O. The zero-order valence-electron chi connectivity index (χ0n) is 12.0. The molecule has 0 bridgehead atoms. The summed E-state index contributed by atoms with van der Waals surface area (Å²) in [4.78, 5) is 4.19. The molecule has 0 spiro atoms. The average Bonchev–Trinajstić information content (AvgIpc) is 2.37. The summed E-state index contributed by atoms with van der Waals surface area (Å²) in [5.74, 6) is 0. The highest BCUT2D eigenvalue weighted by Gasteiger charge is 2.17. The maximum atomic E-state index is 11.2. The third-order valence-electron chi connectivity index (χ3n) is 2.96. The van der Waals surface area contributed by atoms with E-state index < -0.39 is 10.0 Å². The Balaban J connectivity index is 0.00000137. The van der Waals surface area contributed by atoms with Crippen molar-refractivity contribution >= 4 is 10.0 Å². The predicted octanol–water partition coefficient (Wildman–Crippen LogP) is -0.529. The van der Waals surface area contributed by atoms with Gasteiger partial charge in [-0.05, 0) is 0 Å². The molecule has 6 nitrogen and oxygen atoms in total. The van der Waals surface area contributed by atoms with Crippen LogP contribution >= 0.6 is 0 Å². The van der Waals surface area contributed by atoms with Crippen LogP contribution < -0.4 is 0 Å². The number of aliphatic hydroxyl groups is 1. The van der Waals surface area contributed by atoms with Crippen LogP contribution in [-0.2, 0) is 10.0 Å². The Bertz CT molecular complexity index is 301. The van der Waals surface area contributed by atoms with Gasteiger partial charge in [0, 0.05) is 46.3 Å². The minimum atomic E-state index is -3.06. The van der Waals surface area contributed by atoms with Gasteiger partial charge in [-0.2, -0.15) is 0 Å². The fourth-order valence-electron chi connectivity index (χ4n) is 1.60.